The highest BCUT2D eigenvalue weighted by Crippen LogP contribution is 2.23. The summed E-state index contributed by atoms with van der Waals surface area (Å²) in [6.07, 6.45) is 3.85. The number of nitro benzene ring substituents is 1. The first kappa shape index (κ1) is 14.4. The molecule has 0 fully saturated rings. The minimum atomic E-state index is -0.663. The van der Waals surface area contributed by atoms with Gasteiger partial charge < -0.3 is 10.4 Å². The topological polar surface area (TPSA) is 123 Å². The zero-order chi connectivity index (χ0) is 15.2. The van der Waals surface area contributed by atoms with Crippen LogP contribution in [0.2, 0.25) is 0 Å². The minimum absolute atomic E-state index is 0.166. The number of aromatic hydroxyl groups is 1. The van der Waals surface area contributed by atoms with Gasteiger partial charge in [-0.1, -0.05) is 5.21 Å². The Kier molecular flexibility index (Phi) is 4.44. The monoisotopic (exact) mass is 291 g/mol. The molecule has 2 rings (SSSR count). The van der Waals surface area contributed by atoms with E-state index in [4.69, 9.17) is 0 Å². The molecule has 0 aliphatic heterocycles. The molecule has 0 saturated carbocycles. The summed E-state index contributed by atoms with van der Waals surface area (Å²) in [5, 5.41) is 30.2. The van der Waals surface area contributed by atoms with Gasteiger partial charge in [-0.05, 0) is 18.6 Å². The third-order valence-electron chi connectivity index (χ3n) is 2.74. The predicted octanol–water partition coefficient (Wildman–Crippen LogP) is 0.712. The second-order valence-electron chi connectivity index (χ2n) is 4.23. The molecular formula is C12H13N5O4. The van der Waals surface area contributed by atoms with E-state index in [-0.39, 0.29) is 17.0 Å². The maximum absolute atomic E-state index is 11.9. The Hall–Kier alpha value is -2.97. The molecule has 1 aromatic heterocycles. The zero-order valence-electron chi connectivity index (χ0n) is 11.0. The number of nitro groups is 1. The van der Waals surface area contributed by atoms with Gasteiger partial charge in [0, 0.05) is 25.4 Å². The molecule has 1 aromatic carbocycles. The Morgan fingerprint density at radius 1 is 1.48 bits per heavy atom. The summed E-state index contributed by atoms with van der Waals surface area (Å²) in [4.78, 5) is 22.1. The van der Waals surface area contributed by atoms with Crippen LogP contribution in [-0.2, 0) is 6.54 Å². The maximum atomic E-state index is 11.9. The van der Waals surface area contributed by atoms with Crippen LogP contribution in [0, 0.1) is 10.1 Å². The van der Waals surface area contributed by atoms with E-state index in [1.54, 1.807) is 17.1 Å². The van der Waals surface area contributed by atoms with Crippen LogP contribution >= 0.6 is 0 Å². The van der Waals surface area contributed by atoms with E-state index < -0.39 is 10.8 Å². The summed E-state index contributed by atoms with van der Waals surface area (Å²) in [7, 11) is 0. The van der Waals surface area contributed by atoms with Gasteiger partial charge in [-0.3, -0.25) is 19.6 Å². The van der Waals surface area contributed by atoms with E-state index in [2.05, 4.69) is 15.6 Å². The fraction of sp³-hybridized carbons (Fsp3) is 0.250. The molecule has 0 bridgehead atoms. The number of benzene rings is 1. The van der Waals surface area contributed by atoms with E-state index in [1.165, 1.54) is 6.07 Å². The molecule has 110 valence electrons. The van der Waals surface area contributed by atoms with Crippen LogP contribution < -0.4 is 5.32 Å². The molecule has 9 heteroatoms. The number of amides is 1. The number of rotatable bonds is 6. The number of hydrogen-bond acceptors (Lipinski definition) is 6. The molecule has 0 spiro atoms. The molecule has 9 nitrogen and oxygen atoms in total. The Balaban J connectivity index is 1.93. The Bertz CT molecular complexity index is 641. The lowest BCUT2D eigenvalue weighted by Crippen LogP contribution is -2.26. The third-order valence-corrected chi connectivity index (χ3v) is 2.74. The molecule has 0 aliphatic carbocycles. The first-order chi connectivity index (χ1) is 10.1. The van der Waals surface area contributed by atoms with Gasteiger partial charge in [0.15, 0.2) is 0 Å². The van der Waals surface area contributed by atoms with Crippen molar-refractivity contribution in [1.82, 2.24) is 20.3 Å². The number of carbonyl (C=O) groups is 1. The van der Waals surface area contributed by atoms with Crippen molar-refractivity contribution in [2.45, 2.75) is 13.0 Å². The van der Waals surface area contributed by atoms with Crippen molar-refractivity contribution >= 4 is 11.6 Å². The number of aryl methyl sites for hydroxylation is 1. The molecule has 2 aromatic rings. The molecule has 0 saturated heterocycles. The highest BCUT2D eigenvalue weighted by atomic mass is 16.6. The number of nitrogens with zero attached hydrogens (tertiary/aromatic N) is 4. The maximum Gasteiger partial charge on any atom is 0.282 e. The number of phenols is 1. The van der Waals surface area contributed by atoms with Gasteiger partial charge in [-0.15, -0.1) is 5.10 Å². The first-order valence-corrected chi connectivity index (χ1v) is 6.17. The van der Waals surface area contributed by atoms with Gasteiger partial charge in [0.25, 0.3) is 11.6 Å². The fourth-order valence-electron chi connectivity index (χ4n) is 1.76. The highest BCUT2D eigenvalue weighted by molar-refractivity contribution is 5.98. The lowest BCUT2D eigenvalue weighted by atomic mass is 10.1. The van der Waals surface area contributed by atoms with Crippen LogP contribution in [0.25, 0.3) is 0 Å². The van der Waals surface area contributed by atoms with Gasteiger partial charge in [0.1, 0.15) is 11.3 Å². The first-order valence-electron chi connectivity index (χ1n) is 6.17. The van der Waals surface area contributed by atoms with Crippen molar-refractivity contribution < 1.29 is 14.8 Å². The van der Waals surface area contributed by atoms with Gasteiger partial charge >= 0.3 is 0 Å². The summed E-state index contributed by atoms with van der Waals surface area (Å²) in [6.45, 7) is 0.897. The SMILES string of the molecule is O=C(NCCCn1ccnn1)c1cc(O)ccc1[N+](=O)[O-]. The van der Waals surface area contributed by atoms with Crippen molar-refractivity contribution in [3.8, 4) is 5.75 Å². The number of phenolic OH excluding ortho intramolecular Hbond substituents is 1. The lowest BCUT2D eigenvalue weighted by molar-refractivity contribution is -0.385. The zero-order valence-corrected chi connectivity index (χ0v) is 11.0. The van der Waals surface area contributed by atoms with Crippen LogP contribution in [0.15, 0.2) is 30.6 Å². The van der Waals surface area contributed by atoms with Crippen molar-refractivity contribution in [3.63, 3.8) is 0 Å². The van der Waals surface area contributed by atoms with E-state index in [0.717, 1.165) is 12.1 Å². The molecule has 2 N–H and O–H groups in total. The van der Waals surface area contributed by atoms with Crippen molar-refractivity contribution in [2.24, 2.45) is 0 Å². The van der Waals surface area contributed by atoms with Crippen LogP contribution in [0.3, 0.4) is 0 Å². The molecule has 21 heavy (non-hydrogen) atoms. The van der Waals surface area contributed by atoms with E-state index in [0.29, 0.717) is 19.5 Å². The average molecular weight is 291 g/mol. The van der Waals surface area contributed by atoms with Crippen molar-refractivity contribution in [2.75, 3.05) is 6.54 Å². The van der Waals surface area contributed by atoms with E-state index in [1.807, 2.05) is 0 Å². The van der Waals surface area contributed by atoms with Crippen LogP contribution in [0.1, 0.15) is 16.8 Å². The standard InChI is InChI=1S/C12H13N5O4/c18-9-2-3-11(17(20)21)10(8-9)12(19)13-4-1-6-16-7-5-14-15-16/h2-3,5,7-8,18H,1,4,6H2,(H,13,19). The van der Waals surface area contributed by atoms with Crippen LogP contribution in [0.5, 0.6) is 5.75 Å². The summed E-state index contributed by atoms with van der Waals surface area (Å²) in [5.74, 6) is -0.801. The summed E-state index contributed by atoms with van der Waals surface area (Å²) < 4.78 is 1.61. The second-order valence-corrected chi connectivity index (χ2v) is 4.23. The molecule has 1 amide bonds. The Labute approximate surface area is 119 Å². The number of hydrogen-bond donors (Lipinski definition) is 2. The van der Waals surface area contributed by atoms with Gasteiger partial charge in [-0.25, -0.2) is 0 Å². The van der Waals surface area contributed by atoms with Gasteiger partial charge in [-0.2, -0.15) is 0 Å². The second kappa shape index (κ2) is 6.46. The number of aromatic nitrogens is 3. The van der Waals surface area contributed by atoms with Crippen LogP contribution in [-0.4, -0.2) is 37.5 Å². The Morgan fingerprint density at radius 3 is 2.95 bits per heavy atom. The largest absolute Gasteiger partial charge is 0.508 e. The summed E-state index contributed by atoms with van der Waals surface area (Å²) in [5.41, 5.74) is -0.512. The van der Waals surface area contributed by atoms with Crippen molar-refractivity contribution in [3.05, 3.63) is 46.3 Å². The normalized spacial score (nSPS) is 10.3. The molecule has 0 radical (unpaired) electrons. The summed E-state index contributed by atoms with van der Waals surface area (Å²) in [6, 6.07) is 3.34. The molecule has 0 aliphatic rings. The predicted molar refractivity (Wildman–Crippen MR) is 71.7 cm³/mol. The molecule has 0 unspecified atom stereocenters. The van der Waals surface area contributed by atoms with Crippen molar-refractivity contribution in [1.29, 1.82) is 0 Å². The smallest absolute Gasteiger partial charge is 0.282 e. The van der Waals surface area contributed by atoms with Crippen LogP contribution in [0.4, 0.5) is 5.69 Å². The minimum Gasteiger partial charge on any atom is -0.508 e. The van der Waals surface area contributed by atoms with E-state index in [9.17, 15) is 20.0 Å². The van der Waals surface area contributed by atoms with Gasteiger partial charge in [0.2, 0.25) is 0 Å². The van der Waals surface area contributed by atoms with Gasteiger partial charge in [0.05, 0.1) is 11.1 Å². The summed E-state index contributed by atoms with van der Waals surface area (Å²) >= 11 is 0. The number of carbonyl (C=O) groups excluding carboxylic acids is 1. The number of nitrogens with one attached hydrogen (secondary N) is 1. The third kappa shape index (κ3) is 3.75. The highest BCUT2D eigenvalue weighted by Gasteiger charge is 2.20. The fourth-order valence-corrected chi connectivity index (χ4v) is 1.76. The van der Waals surface area contributed by atoms with E-state index >= 15 is 0 Å². The Morgan fingerprint density at radius 2 is 2.29 bits per heavy atom. The molecule has 0 atom stereocenters. The lowest BCUT2D eigenvalue weighted by Gasteiger charge is -2.06. The quantitative estimate of drug-likeness (QED) is 0.459. The molecular weight excluding hydrogens is 278 g/mol. The molecule has 1 heterocycles. The average Bonchev–Trinajstić information content (AvgIpc) is 2.96.